The molecule has 1 aromatic carbocycles. The molecule has 2 bridgehead atoms. The van der Waals surface area contributed by atoms with E-state index in [2.05, 4.69) is 4.90 Å². The molecule has 1 atom stereocenters. The van der Waals surface area contributed by atoms with Gasteiger partial charge in [-0.25, -0.2) is 9.59 Å². The number of ether oxygens (including phenoxy) is 2. The van der Waals surface area contributed by atoms with Crippen molar-refractivity contribution in [2.24, 2.45) is 5.92 Å². The third-order valence-electron chi connectivity index (χ3n) is 4.78. The van der Waals surface area contributed by atoms with E-state index in [1.165, 1.54) is 0 Å². The topological polar surface area (TPSA) is 117 Å². The summed E-state index contributed by atoms with van der Waals surface area (Å²) >= 11 is 0. The highest BCUT2D eigenvalue weighted by atomic mass is 16.7. The van der Waals surface area contributed by atoms with E-state index >= 15 is 0 Å². The van der Waals surface area contributed by atoms with Crippen LogP contribution in [0, 0.1) is 5.92 Å². The zero-order chi connectivity index (χ0) is 17.3. The molecule has 4 heterocycles. The molecule has 5 rings (SSSR count). The van der Waals surface area contributed by atoms with E-state index in [-0.39, 0.29) is 6.79 Å². The lowest BCUT2D eigenvalue weighted by Gasteiger charge is -2.50. The molecule has 0 amide bonds. The number of nitrogens with zero attached hydrogens (tertiary/aromatic N) is 1. The molecular weight excluding hydrogens is 318 g/mol. The van der Waals surface area contributed by atoms with E-state index in [1.54, 1.807) is 0 Å². The fraction of sp³-hybridized carbons (Fsp3) is 0.500. The Kier molecular flexibility index (Phi) is 4.33. The number of aliphatic carboxylic acids is 2. The number of hydrogen-bond acceptors (Lipinski definition) is 6. The Morgan fingerprint density at radius 2 is 1.71 bits per heavy atom. The summed E-state index contributed by atoms with van der Waals surface area (Å²) in [6, 6.07) is 5.84. The standard InChI is InChI=1S/C14H17NO3.C2H2O4/c16-14(8-15-5-3-10(14)4-6-15)11-1-2-12-13(7-11)18-9-17-12;3-1(4)2(5)6/h1-2,7,10,16H,3-6,8-9H2;(H,3,4)(H,5,6). The maximum absolute atomic E-state index is 11.0. The maximum Gasteiger partial charge on any atom is 0.414 e. The van der Waals surface area contributed by atoms with Crippen LogP contribution in [0.5, 0.6) is 11.5 Å². The fourth-order valence-corrected chi connectivity index (χ4v) is 3.53. The summed E-state index contributed by atoms with van der Waals surface area (Å²) in [5.41, 5.74) is 0.262. The summed E-state index contributed by atoms with van der Waals surface area (Å²) in [5.74, 6) is -1.73. The maximum atomic E-state index is 11.0. The second kappa shape index (κ2) is 6.29. The summed E-state index contributed by atoms with van der Waals surface area (Å²) in [4.78, 5) is 20.6. The van der Waals surface area contributed by atoms with Gasteiger partial charge in [-0.05, 0) is 49.5 Å². The molecule has 1 unspecified atom stereocenters. The van der Waals surface area contributed by atoms with Crippen molar-refractivity contribution in [3.05, 3.63) is 23.8 Å². The highest BCUT2D eigenvalue weighted by molar-refractivity contribution is 6.27. The van der Waals surface area contributed by atoms with Gasteiger partial charge in [0.1, 0.15) is 5.60 Å². The highest BCUT2D eigenvalue weighted by Crippen LogP contribution is 2.45. The predicted octanol–water partition coefficient (Wildman–Crippen LogP) is 0.484. The minimum absolute atomic E-state index is 0.284. The van der Waals surface area contributed by atoms with Crippen LogP contribution in [-0.4, -0.2) is 58.6 Å². The van der Waals surface area contributed by atoms with Gasteiger partial charge >= 0.3 is 11.9 Å². The van der Waals surface area contributed by atoms with E-state index in [1.807, 2.05) is 18.2 Å². The van der Waals surface area contributed by atoms with Crippen LogP contribution in [0.4, 0.5) is 0 Å². The Morgan fingerprint density at radius 3 is 2.25 bits per heavy atom. The number of hydrogen-bond donors (Lipinski definition) is 3. The van der Waals surface area contributed by atoms with Crippen LogP contribution in [-0.2, 0) is 15.2 Å². The first-order chi connectivity index (χ1) is 11.4. The Morgan fingerprint density at radius 1 is 1.08 bits per heavy atom. The Labute approximate surface area is 138 Å². The molecule has 3 fully saturated rings. The second-order valence-electron chi connectivity index (χ2n) is 6.15. The van der Waals surface area contributed by atoms with Gasteiger partial charge in [0.25, 0.3) is 0 Å². The fourth-order valence-electron chi connectivity index (χ4n) is 3.53. The Hall–Kier alpha value is -2.32. The van der Waals surface area contributed by atoms with Gasteiger partial charge in [0.15, 0.2) is 11.5 Å². The number of carbonyl (C=O) groups is 2. The summed E-state index contributed by atoms with van der Waals surface area (Å²) < 4.78 is 10.7. The van der Waals surface area contributed by atoms with E-state index in [4.69, 9.17) is 29.3 Å². The van der Waals surface area contributed by atoms with Crippen LogP contribution < -0.4 is 9.47 Å². The van der Waals surface area contributed by atoms with Gasteiger partial charge in [0.2, 0.25) is 6.79 Å². The number of piperidine rings is 3. The number of rotatable bonds is 1. The molecule has 0 spiro atoms. The molecule has 8 nitrogen and oxygen atoms in total. The number of carboxylic acids is 2. The van der Waals surface area contributed by atoms with Crippen LogP contribution in [0.3, 0.4) is 0 Å². The first kappa shape index (κ1) is 16.5. The minimum Gasteiger partial charge on any atom is -0.473 e. The van der Waals surface area contributed by atoms with Crippen molar-refractivity contribution in [3.63, 3.8) is 0 Å². The average molecular weight is 337 g/mol. The van der Waals surface area contributed by atoms with Crippen molar-refractivity contribution in [3.8, 4) is 11.5 Å². The molecule has 0 saturated carbocycles. The van der Waals surface area contributed by atoms with Crippen LogP contribution >= 0.6 is 0 Å². The lowest BCUT2D eigenvalue weighted by Crippen LogP contribution is -2.57. The summed E-state index contributed by atoms with van der Waals surface area (Å²) in [5, 5.41) is 25.8. The van der Waals surface area contributed by atoms with E-state index in [0.29, 0.717) is 5.92 Å². The normalized spacial score (nSPS) is 29.5. The van der Waals surface area contributed by atoms with Crippen LogP contribution in [0.2, 0.25) is 0 Å². The molecule has 4 aliphatic rings. The van der Waals surface area contributed by atoms with Crippen molar-refractivity contribution in [1.82, 2.24) is 4.90 Å². The molecular formula is C16H19NO7. The van der Waals surface area contributed by atoms with Gasteiger partial charge in [0, 0.05) is 6.54 Å². The van der Waals surface area contributed by atoms with Gasteiger partial charge in [0.05, 0.1) is 0 Å². The third kappa shape index (κ3) is 3.02. The smallest absolute Gasteiger partial charge is 0.414 e. The minimum atomic E-state index is -1.82. The predicted molar refractivity (Wildman–Crippen MR) is 80.9 cm³/mol. The van der Waals surface area contributed by atoms with Crippen LogP contribution in [0.1, 0.15) is 18.4 Å². The lowest BCUT2D eigenvalue weighted by atomic mass is 9.71. The van der Waals surface area contributed by atoms with E-state index in [0.717, 1.165) is 49.5 Å². The van der Waals surface area contributed by atoms with Crippen molar-refractivity contribution in [1.29, 1.82) is 0 Å². The Balaban J connectivity index is 0.000000246. The molecule has 24 heavy (non-hydrogen) atoms. The van der Waals surface area contributed by atoms with Crippen LogP contribution in [0.15, 0.2) is 18.2 Å². The molecule has 3 N–H and O–H groups in total. The van der Waals surface area contributed by atoms with Gasteiger partial charge < -0.3 is 29.7 Å². The molecule has 0 aliphatic carbocycles. The number of fused-ring (bicyclic) bond motifs is 4. The molecule has 8 heteroatoms. The summed E-state index contributed by atoms with van der Waals surface area (Å²) in [7, 11) is 0. The quantitative estimate of drug-likeness (QED) is 0.634. The van der Waals surface area contributed by atoms with Gasteiger partial charge in [-0.15, -0.1) is 0 Å². The average Bonchev–Trinajstić information content (AvgIpc) is 3.04. The number of aliphatic hydroxyl groups is 1. The van der Waals surface area contributed by atoms with E-state index < -0.39 is 17.5 Å². The molecule has 130 valence electrons. The second-order valence-corrected chi connectivity index (χ2v) is 6.15. The zero-order valence-electron chi connectivity index (χ0n) is 13.0. The number of benzene rings is 1. The van der Waals surface area contributed by atoms with Crippen molar-refractivity contribution in [2.75, 3.05) is 26.4 Å². The third-order valence-corrected chi connectivity index (χ3v) is 4.78. The summed E-state index contributed by atoms with van der Waals surface area (Å²) in [6.07, 6.45) is 2.18. The zero-order valence-corrected chi connectivity index (χ0v) is 13.0. The van der Waals surface area contributed by atoms with Gasteiger partial charge in [-0.1, -0.05) is 6.07 Å². The molecule has 3 saturated heterocycles. The number of carboxylic acid groups (broad SMARTS) is 2. The largest absolute Gasteiger partial charge is 0.473 e. The van der Waals surface area contributed by atoms with E-state index in [9.17, 15) is 5.11 Å². The molecule has 0 aromatic heterocycles. The SMILES string of the molecule is O=C(O)C(=O)O.OC1(c2ccc3c(c2)OCO3)CN2CCC1CC2. The lowest BCUT2D eigenvalue weighted by molar-refractivity contribution is -0.159. The molecule has 1 aromatic rings. The monoisotopic (exact) mass is 337 g/mol. The highest BCUT2D eigenvalue weighted by Gasteiger charge is 2.46. The van der Waals surface area contributed by atoms with Crippen molar-refractivity contribution in [2.45, 2.75) is 18.4 Å². The van der Waals surface area contributed by atoms with Crippen molar-refractivity contribution >= 4 is 11.9 Å². The molecule has 4 aliphatic heterocycles. The van der Waals surface area contributed by atoms with Gasteiger partial charge in [-0.3, -0.25) is 0 Å². The Bertz CT molecular complexity index is 642. The summed E-state index contributed by atoms with van der Waals surface area (Å²) in [6.45, 7) is 3.28. The first-order valence-electron chi connectivity index (χ1n) is 7.71. The molecule has 0 radical (unpaired) electrons. The van der Waals surface area contributed by atoms with Gasteiger partial charge in [-0.2, -0.15) is 0 Å². The van der Waals surface area contributed by atoms with Crippen molar-refractivity contribution < 1.29 is 34.4 Å². The van der Waals surface area contributed by atoms with Crippen LogP contribution in [0.25, 0.3) is 0 Å². The first-order valence-corrected chi connectivity index (χ1v) is 7.71.